The highest BCUT2D eigenvalue weighted by Gasteiger charge is 2.44. The first-order valence-corrected chi connectivity index (χ1v) is 9.75. The van der Waals surface area contributed by atoms with Gasteiger partial charge in [0.2, 0.25) is 11.8 Å². The van der Waals surface area contributed by atoms with Gasteiger partial charge in [0.15, 0.2) is 6.61 Å². The van der Waals surface area contributed by atoms with Gasteiger partial charge in [-0.15, -0.1) is 0 Å². The number of imide groups is 2. The number of halogens is 1. The Balaban J connectivity index is 1.45. The summed E-state index contributed by atoms with van der Waals surface area (Å²) in [4.78, 5) is 62.0. The zero-order valence-electron chi connectivity index (χ0n) is 16.0. The number of benzene rings is 2. The van der Waals surface area contributed by atoms with Gasteiger partial charge in [-0.25, -0.2) is 0 Å². The summed E-state index contributed by atoms with van der Waals surface area (Å²) in [6.07, 6.45) is 0.109. The highest BCUT2D eigenvalue weighted by molar-refractivity contribution is 6.30. The van der Waals surface area contributed by atoms with Crippen molar-refractivity contribution in [3.63, 3.8) is 0 Å². The van der Waals surface area contributed by atoms with Crippen LogP contribution in [0.15, 0.2) is 42.5 Å². The van der Waals surface area contributed by atoms with Crippen molar-refractivity contribution in [2.24, 2.45) is 0 Å². The second-order valence-corrected chi connectivity index (χ2v) is 7.44. The van der Waals surface area contributed by atoms with E-state index in [1.165, 1.54) is 18.2 Å². The van der Waals surface area contributed by atoms with Gasteiger partial charge in [0.25, 0.3) is 17.7 Å². The smallest absolute Gasteiger partial charge is 0.262 e. The van der Waals surface area contributed by atoms with Gasteiger partial charge >= 0.3 is 0 Å². The minimum atomic E-state index is -1.05. The number of carbonyl (C=O) groups is 5. The molecule has 2 N–H and O–H groups in total. The van der Waals surface area contributed by atoms with Crippen LogP contribution in [-0.2, 0) is 14.4 Å². The van der Waals surface area contributed by atoms with Crippen LogP contribution in [0.25, 0.3) is 0 Å². The molecule has 2 aliphatic rings. The van der Waals surface area contributed by atoms with E-state index in [-0.39, 0.29) is 30.6 Å². The van der Waals surface area contributed by atoms with Gasteiger partial charge < -0.3 is 10.1 Å². The minimum Gasteiger partial charge on any atom is -0.484 e. The van der Waals surface area contributed by atoms with E-state index < -0.39 is 35.6 Å². The average molecular weight is 442 g/mol. The van der Waals surface area contributed by atoms with Crippen LogP contribution in [0.3, 0.4) is 0 Å². The second kappa shape index (κ2) is 8.19. The molecule has 1 unspecified atom stereocenters. The Morgan fingerprint density at radius 2 is 1.87 bits per heavy atom. The van der Waals surface area contributed by atoms with Crippen molar-refractivity contribution >= 4 is 46.8 Å². The summed E-state index contributed by atoms with van der Waals surface area (Å²) < 4.78 is 5.37. The van der Waals surface area contributed by atoms with E-state index in [0.29, 0.717) is 16.5 Å². The summed E-state index contributed by atoms with van der Waals surface area (Å²) in [6, 6.07) is 9.81. The van der Waals surface area contributed by atoms with Gasteiger partial charge in [-0.3, -0.25) is 34.2 Å². The number of piperidine rings is 1. The maximum atomic E-state index is 12.8. The first-order chi connectivity index (χ1) is 14.8. The molecule has 1 fully saturated rings. The van der Waals surface area contributed by atoms with Crippen LogP contribution < -0.4 is 15.4 Å². The molecule has 0 aromatic heterocycles. The molecule has 0 radical (unpaired) electrons. The van der Waals surface area contributed by atoms with Gasteiger partial charge in [-0.2, -0.15) is 0 Å². The van der Waals surface area contributed by atoms with Gasteiger partial charge in [-0.05, 0) is 42.8 Å². The number of carbonyl (C=O) groups excluding carboxylic acids is 5. The van der Waals surface area contributed by atoms with Crippen LogP contribution in [0.1, 0.15) is 33.6 Å². The third-order valence-electron chi connectivity index (χ3n) is 4.89. The van der Waals surface area contributed by atoms with Crippen molar-refractivity contribution in [1.82, 2.24) is 10.2 Å². The molecule has 0 aliphatic carbocycles. The third kappa shape index (κ3) is 4.13. The summed E-state index contributed by atoms with van der Waals surface area (Å²) >= 11 is 5.87. The van der Waals surface area contributed by atoms with Crippen molar-refractivity contribution in [3.8, 4) is 5.75 Å². The SMILES string of the molecule is O=C1CCC(N2C(=O)c3ccc(NC(=O)COc4cccc(Cl)c4)cc3C2=O)C(=O)N1. The van der Waals surface area contributed by atoms with Crippen molar-refractivity contribution in [2.75, 3.05) is 11.9 Å². The maximum Gasteiger partial charge on any atom is 0.262 e. The number of rotatable bonds is 5. The first kappa shape index (κ1) is 20.5. The fourth-order valence-corrected chi connectivity index (χ4v) is 3.63. The fraction of sp³-hybridized carbons (Fsp3) is 0.190. The van der Waals surface area contributed by atoms with Crippen LogP contribution in [0.5, 0.6) is 5.75 Å². The van der Waals surface area contributed by atoms with Gasteiger partial charge in [0, 0.05) is 17.1 Å². The Bertz CT molecular complexity index is 1130. The van der Waals surface area contributed by atoms with Crippen LogP contribution >= 0.6 is 11.6 Å². The monoisotopic (exact) mass is 441 g/mol. The second-order valence-electron chi connectivity index (χ2n) is 7.00. The molecule has 2 aromatic carbocycles. The van der Waals surface area contributed by atoms with Crippen LogP contribution in [0.2, 0.25) is 5.02 Å². The molecule has 2 aliphatic heterocycles. The highest BCUT2D eigenvalue weighted by atomic mass is 35.5. The van der Waals surface area contributed by atoms with Crippen LogP contribution in [0.4, 0.5) is 5.69 Å². The molecule has 5 amide bonds. The summed E-state index contributed by atoms with van der Waals surface area (Å²) in [7, 11) is 0. The predicted octanol–water partition coefficient (Wildman–Crippen LogP) is 1.76. The molecule has 0 bridgehead atoms. The van der Waals surface area contributed by atoms with Gasteiger partial charge in [0.1, 0.15) is 11.8 Å². The lowest BCUT2D eigenvalue weighted by Gasteiger charge is -2.27. The van der Waals surface area contributed by atoms with Gasteiger partial charge in [-0.1, -0.05) is 17.7 Å². The molecule has 4 rings (SSSR count). The van der Waals surface area contributed by atoms with Crippen molar-refractivity contribution in [2.45, 2.75) is 18.9 Å². The van der Waals surface area contributed by atoms with Gasteiger partial charge in [0.05, 0.1) is 11.1 Å². The van der Waals surface area contributed by atoms with Crippen molar-refractivity contribution in [3.05, 3.63) is 58.6 Å². The molecule has 9 nitrogen and oxygen atoms in total. The number of hydrogen-bond acceptors (Lipinski definition) is 6. The van der Waals surface area contributed by atoms with E-state index >= 15 is 0 Å². The summed E-state index contributed by atoms with van der Waals surface area (Å²) in [5.41, 5.74) is 0.496. The quantitative estimate of drug-likeness (QED) is 0.682. The number of fused-ring (bicyclic) bond motifs is 1. The first-order valence-electron chi connectivity index (χ1n) is 9.37. The maximum absolute atomic E-state index is 12.8. The lowest BCUT2D eigenvalue weighted by molar-refractivity contribution is -0.136. The Hall–Kier alpha value is -3.72. The molecule has 2 aromatic rings. The lowest BCUT2D eigenvalue weighted by Crippen LogP contribution is -2.54. The molecule has 0 spiro atoms. The predicted molar refractivity (Wildman–Crippen MR) is 109 cm³/mol. The Morgan fingerprint density at radius 1 is 1.10 bits per heavy atom. The molecule has 2 heterocycles. The number of nitrogens with zero attached hydrogens (tertiary/aromatic N) is 1. The number of hydrogen-bond donors (Lipinski definition) is 2. The summed E-state index contributed by atoms with van der Waals surface area (Å²) in [5.74, 6) is -2.44. The molecular weight excluding hydrogens is 426 g/mol. The van der Waals surface area contributed by atoms with E-state index in [9.17, 15) is 24.0 Å². The standard InChI is InChI=1S/C21H16ClN3O6/c22-11-2-1-3-13(8-11)31-10-18(27)23-12-4-5-14-15(9-12)21(30)25(20(14)29)16-6-7-17(26)24-19(16)28/h1-5,8-9,16H,6-7,10H2,(H,23,27)(H,24,26,28). The zero-order chi connectivity index (χ0) is 22.1. The van der Waals surface area contributed by atoms with E-state index in [0.717, 1.165) is 4.90 Å². The minimum absolute atomic E-state index is 0.0394. The van der Waals surface area contributed by atoms with E-state index in [2.05, 4.69) is 10.6 Å². The van der Waals surface area contributed by atoms with E-state index in [1.54, 1.807) is 24.3 Å². The van der Waals surface area contributed by atoms with Crippen LogP contribution in [-0.4, -0.2) is 47.1 Å². The highest BCUT2D eigenvalue weighted by Crippen LogP contribution is 2.29. The van der Waals surface area contributed by atoms with Crippen molar-refractivity contribution in [1.29, 1.82) is 0 Å². The molecule has 1 atom stereocenters. The lowest BCUT2D eigenvalue weighted by atomic mass is 10.0. The molecular formula is C21H16ClN3O6. The molecule has 10 heteroatoms. The zero-order valence-corrected chi connectivity index (χ0v) is 16.8. The summed E-state index contributed by atoms with van der Waals surface area (Å²) in [5, 5.41) is 5.21. The van der Waals surface area contributed by atoms with Crippen LogP contribution in [0, 0.1) is 0 Å². The van der Waals surface area contributed by atoms with Crippen molar-refractivity contribution < 1.29 is 28.7 Å². The number of nitrogens with one attached hydrogen (secondary N) is 2. The Labute approximate surface area is 181 Å². The number of amides is 5. The number of ether oxygens (including phenoxy) is 1. The molecule has 1 saturated heterocycles. The van der Waals surface area contributed by atoms with E-state index in [4.69, 9.17) is 16.3 Å². The normalized spacial score (nSPS) is 18.0. The number of anilines is 1. The Morgan fingerprint density at radius 3 is 2.61 bits per heavy atom. The van der Waals surface area contributed by atoms with E-state index in [1.807, 2.05) is 0 Å². The Kier molecular flexibility index (Phi) is 5.43. The largest absolute Gasteiger partial charge is 0.484 e. The third-order valence-corrected chi connectivity index (χ3v) is 5.12. The fourth-order valence-electron chi connectivity index (χ4n) is 3.45. The molecule has 158 valence electrons. The molecule has 31 heavy (non-hydrogen) atoms. The molecule has 0 saturated carbocycles. The summed E-state index contributed by atoms with van der Waals surface area (Å²) in [6.45, 7) is -0.285. The average Bonchev–Trinajstić information content (AvgIpc) is 2.97. The topological polar surface area (TPSA) is 122 Å².